The molecule has 1 unspecified atom stereocenters. The molecule has 1 aliphatic heterocycles. The van der Waals surface area contributed by atoms with Crippen LogP contribution in [0.3, 0.4) is 0 Å². The third kappa shape index (κ3) is 3.62. The van der Waals surface area contributed by atoms with Crippen molar-refractivity contribution in [1.29, 1.82) is 0 Å². The third-order valence-corrected chi connectivity index (χ3v) is 4.29. The Bertz CT molecular complexity index is 789. The molecule has 0 spiro atoms. The van der Waals surface area contributed by atoms with Gasteiger partial charge in [-0.3, -0.25) is 9.59 Å². The average molecular weight is 326 g/mol. The number of aryl methyl sites for hydroxylation is 1. The Hall–Kier alpha value is -2.69. The van der Waals surface area contributed by atoms with Gasteiger partial charge in [0.05, 0.1) is 0 Å². The average Bonchev–Trinajstić information content (AvgIpc) is 2.55. The number of nitrogens with one attached hydrogen (secondary N) is 2. The summed E-state index contributed by atoms with van der Waals surface area (Å²) in [4.78, 5) is 24.2. The minimum Gasteiger partial charge on any atom is -0.326 e. The smallest absolute Gasteiger partial charge is 0.227 e. The zero-order chi connectivity index (χ0) is 17.1. The molecule has 124 valence electrons. The zero-order valence-corrected chi connectivity index (χ0v) is 13.4. The molecule has 3 rings (SSSR count). The van der Waals surface area contributed by atoms with Gasteiger partial charge < -0.3 is 10.6 Å². The van der Waals surface area contributed by atoms with Crippen LogP contribution in [0.25, 0.3) is 0 Å². The normalized spacial score (nSPS) is 16.2. The quantitative estimate of drug-likeness (QED) is 0.901. The molecule has 0 aliphatic carbocycles. The number of carbonyl (C=O) groups excluding carboxylic acids is 2. The second kappa shape index (κ2) is 6.83. The van der Waals surface area contributed by atoms with E-state index >= 15 is 0 Å². The molecule has 0 aromatic heterocycles. The van der Waals surface area contributed by atoms with E-state index in [-0.39, 0.29) is 30.0 Å². The van der Waals surface area contributed by atoms with Gasteiger partial charge in [0.15, 0.2) is 0 Å². The maximum absolute atomic E-state index is 13.1. The first-order valence-corrected chi connectivity index (χ1v) is 7.97. The Morgan fingerprint density at radius 2 is 2.08 bits per heavy atom. The van der Waals surface area contributed by atoms with E-state index in [9.17, 15) is 14.0 Å². The molecule has 5 heteroatoms. The maximum Gasteiger partial charge on any atom is 0.227 e. The van der Waals surface area contributed by atoms with Crippen molar-refractivity contribution in [2.75, 3.05) is 10.6 Å². The standard InChI is InChI=1S/C19H19FN2O2/c1-12-10-15(20)7-8-16(12)21-18(23)9-6-14-11-13-4-2-3-5-17(13)22-19(14)24/h2-5,7-8,10,14H,6,9,11H2,1H3,(H,21,23)(H,22,24). The predicted octanol–water partition coefficient (Wildman–Crippen LogP) is 3.66. The van der Waals surface area contributed by atoms with Gasteiger partial charge in [0, 0.05) is 23.7 Å². The van der Waals surface area contributed by atoms with Crippen LogP contribution in [0.1, 0.15) is 24.0 Å². The van der Waals surface area contributed by atoms with Crippen molar-refractivity contribution in [2.45, 2.75) is 26.2 Å². The number of carbonyl (C=O) groups is 2. The summed E-state index contributed by atoms with van der Waals surface area (Å²) in [5.74, 6) is -0.751. The van der Waals surface area contributed by atoms with Crippen LogP contribution in [0.5, 0.6) is 0 Å². The molecule has 24 heavy (non-hydrogen) atoms. The fourth-order valence-electron chi connectivity index (χ4n) is 2.93. The van der Waals surface area contributed by atoms with Crippen molar-refractivity contribution in [1.82, 2.24) is 0 Å². The van der Waals surface area contributed by atoms with Gasteiger partial charge in [0.25, 0.3) is 0 Å². The van der Waals surface area contributed by atoms with E-state index in [1.807, 2.05) is 24.3 Å². The van der Waals surface area contributed by atoms with Gasteiger partial charge in [-0.1, -0.05) is 18.2 Å². The first kappa shape index (κ1) is 16.2. The molecule has 1 aliphatic rings. The second-order valence-corrected chi connectivity index (χ2v) is 6.09. The van der Waals surface area contributed by atoms with Crippen LogP contribution in [0.15, 0.2) is 42.5 Å². The van der Waals surface area contributed by atoms with Crippen molar-refractivity contribution >= 4 is 23.2 Å². The fraction of sp³-hybridized carbons (Fsp3) is 0.263. The molecule has 2 aromatic rings. The Kier molecular flexibility index (Phi) is 4.60. The number of para-hydroxylation sites is 1. The first-order valence-electron chi connectivity index (χ1n) is 7.97. The summed E-state index contributed by atoms with van der Waals surface area (Å²) in [6, 6.07) is 11.9. The molecule has 2 N–H and O–H groups in total. The summed E-state index contributed by atoms with van der Waals surface area (Å²) in [7, 11) is 0. The van der Waals surface area contributed by atoms with Crippen LogP contribution >= 0.6 is 0 Å². The van der Waals surface area contributed by atoms with E-state index in [0.717, 1.165) is 11.3 Å². The molecule has 0 bridgehead atoms. The van der Waals surface area contributed by atoms with Crippen molar-refractivity contribution in [3.05, 3.63) is 59.4 Å². The van der Waals surface area contributed by atoms with E-state index in [4.69, 9.17) is 0 Å². The predicted molar refractivity (Wildman–Crippen MR) is 91.3 cm³/mol. The monoisotopic (exact) mass is 326 g/mol. The fourth-order valence-corrected chi connectivity index (χ4v) is 2.93. The zero-order valence-electron chi connectivity index (χ0n) is 13.4. The van der Waals surface area contributed by atoms with Crippen LogP contribution in [-0.2, 0) is 16.0 Å². The van der Waals surface area contributed by atoms with Crippen molar-refractivity contribution in [2.24, 2.45) is 5.92 Å². The molecule has 1 heterocycles. The molecule has 4 nitrogen and oxygen atoms in total. The Labute approximate surface area is 140 Å². The second-order valence-electron chi connectivity index (χ2n) is 6.09. The van der Waals surface area contributed by atoms with Crippen LogP contribution < -0.4 is 10.6 Å². The molecule has 0 fully saturated rings. The summed E-state index contributed by atoms with van der Waals surface area (Å²) in [6.07, 6.45) is 1.37. The Balaban J connectivity index is 1.57. The van der Waals surface area contributed by atoms with Gasteiger partial charge >= 0.3 is 0 Å². The van der Waals surface area contributed by atoms with Crippen LogP contribution in [0.2, 0.25) is 0 Å². The molecule has 0 saturated heterocycles. The highest BCUT2D eigenvalue weighted by atomic mass is 19.1. The lowest BCUT2D eigenvalue weighted by Crippen LogP contribution is -2.30. The van der Waals surface area contributed by atoms with E-state index < -0.39 is 0 Å². The van der Waals surface area contributed by atoms with Gasteiger partial charge in [-0.2, -0.15) is 0 Å². The lowest BCUT2D eigenvalue weighted by Gasteiger charge is -2.24. The highest BCUT2D eigenvalue weighted by Gasteiger charge is 2.26. The summed E-state index contributed by atoms with van der Waals surface area (Å²) in [6.45, 7) is 1.74. The highest BCUT2D eigenvalue weighted by Crippen LogP contribution is 2.27. The maximum atomic E-state index is 13.1. The number of benzene rings is 2. The topological polar surface area (TPSA) is 58.2 Å². The number of hydrogen-bond acceptors (Lipinski definition) is 2. The van der Waals surface area contributed by atoms with Crippen molar-refractivity contribution < 1.29 is 14.0 Å². The van der Waals surface area contributed by atoms with Gasteiger partial charge in [-0.25, -0.2) is 4.39 Å². The van der Waals surface area contributed by atoms with Gasteiger partial charge in [0.1, 0.15) is 5.82 Å². The van der Waals surface area contributed by atoms with E-state index in [1.54, 1.807) is 13.0 Å². The third-order valence-electron chi connectivity index (χ3n) is 4.29. The van der Waals surface area contributed by atoms with Gasteiger partial charge in [-0.05, 0) is 55.2 Å². The van der Waals surface area contributed by atoms with Crippen LogP contribution in [-0.4, -0.2) is 11.8 Å². The number of rotatable bonds is 4. The molecule has 0 radical (unpaired) electrons. The van der Waals surface area contributed by atoms with Crippen LogP contribution in [0, 0.1) is 18.7 Å². The lowest BCUT2D eigenvalue weighted by molar-refractivity contribution is -0.121. The molecule has 2 amide bonds. The van der Waals surface area contributed by atoms with E-state index in [0.29, 0.717) is 24.1 Å². The highest BCUT2D eigenvalue weighted by molar-refractivity contribution is 5.96. The molecular weight excluding hydrogens is 307 g/mol. The van der Waals surface area contributed by atoms with Crippen molar-refractivity contribution in [3.8, 4) is 0 Å². The number of hydrogen-bond donors (Lipinski definition) is 2. The summed E-state index contributed by atoms with van der Waals surface area (Å²) in [5, 5.41) is 5.66. The van der Waals surface area contributed by atoms with E-state index in [2.05, 4.69) is 10.6 Å². The van der Waals surface area contributed by atoms with Gasteiger partial charge in [0.2, 0.25) is 11.8 Å². The summed E-state index contributed by atoms with van der Waals surface area (Å²) < 4.78 is 13.1. The minimum absolute atomic E-state index is 0.0422. The van der Waals surface area contributed by atoms with E-state index in [1.165, 1.54) is 12.1 Å². The summed E-state index contributed by atoms with van der Waals surface area (Å²) in [5.41, 5.74) is 3.22. The summed E-state index contributed by atoms with van der Waals surface area (Å²) >= 11 is 0. The molecule has 1 atom stereocenters. The first-order chi connectivity index (χ1) is 11.5. The number of halogens is 1. The Morgan fingerprint density at radius 1 is 1.29 bits per heavy atom. The minimum atomic E-state index is -0.331. The molecule has 2 aromatic carbocycles. The Morgan fingerprint density at radius 3 is 2.88 bits per heavy atom. The number of anilines is 2. The van der Waals surface area contributed by atoms with Crippen LogP contribution in [0.4, 0.5) is 15.8 Å². The molecule has 0 saturated carbocycles. The lowest BCUT2D eigenvalue weighted by atomic mass is 9.89. The molecular formula is C19H19FN2O2. The number of amides is 2. The number of fused-ring (bicyclic) bond motifs is 1. The van der Waals surface area contributed by atoms with Gasteiger partial charge in [-0.15, -0.1) is 0 Å². The largest absolute Gasteiger partial charge is 0.326 e. The SMILES string of the molecule is Cc1cc(F)ccc1NC(=O)CCC1Cc2ccccc2NC1=O. The van der Waals surface area contributed by atoms with Crippen molar-refractivity contribution in [3.63, 3.8) is 0 Å².